The molecule has 0 bridgehead atoms. The molecule has 0 radical (unpaired) electrons. The molecule has 0 saturated heterocycles. The largest absolute Gasteiger partial charge is 0.363 e. The topological polar surface area (TPSA) is 94.1 Å². The van der Waals surface area contributed by atoms with E-state index >= 15 is 0 Å². The molecule has 1 aromatic rings. The maximum atomic E-state index is 12.8. The molecule has 18 heavy (non-hydrogen) atoms. The number of aryl methyl sites for hydroxylation is 1. The molecule has 0 aromatic carbocycles. The predicted octanol–water partition coefficient (Wildman–Crippen LogP) is 0.263. The van der Waals surface area contributed by atoms with Gasteiger partial charge in [0.05, 0.1) is 6.61 Å². The van der Waals surface area contributed by atoms with Gasteiger partial charge in [-0.1, -0.05) is 6.58 Å². The number of sulfone groups is 1. The number of hydrogen-bond acceptors (Lipinski definition) is 7. The van der Waals surface area contributed by atoms with Crippen LogP contribution in [0.4, 0.5) is 10.3 Å². The standard InChI is InChI=1S/C9H13FN4O3S/c1-3-18(15,16)6-17-5-4-11-9-13-7(2)12-8(10)14-9/h3H,1,4-6H2,2H3,(H,11,12,13,14). The lowest BCUT2D eigenvalue weighted by molar-refractivity contribution is 0.188. The zero-order valence-electron chi connectivity index (χ0n) is 9.76. The first-order valence-electron chi connectivity index (χ1n) is 4.98. The van der Waals surface area contributed by atoms with Crippen molar-refractivity contribution in [1.29, 1.82) is 0 Å². The van der Waals surface area contributed by atoms with Crippen molar-refractivity contribution < 1.29 is 17.5 Å². The Kier molecular flexibility index (Phi) is 5.10. The third-order valence-corrected chi connectivity index (χ3v) is 2.75. The van der Waals surface area contributed by atoms with Crippen LogP contribution in [0.2, 0.25) is 0 Å². The molecule has 100 valence electrons. The van der Waals surface area contributed by atoms with Crippen LogP contribution in [0.1, 0.15) is 5.82 Å². The number of nitrogens with one attached hydrogen (secondary N) is 1. The lowest BCUT2D eigenvalue weighted by Crippen LogP contribution is -2.15. The minimum atomic E-state index is -3.37. The van der Waals surface area contributed by atoms with Crippen molar-refractivity contribution in [3.05, 3.63) is 23.9 Å². The smallest absolute Gasteiger partial charge is 0.313 e. The van der Waals surface area contributed by atoms with Crippen LogP contribution in [0.15, 0.2) is 12.0 Å². The SMILES string of the molecule is C=CS(=O)(=O)COCCNc1nc(C)nc(F)n1. The Morgan fingerprint density at radius 2 is 2.17 bits per heavy atom. The van der Waals surface area contributed by atoms with E-state index < -0.39 is 21.9 Å². The zero-order chi connectivity index (χ0) is 13.6. The Hall–Kier alpha value is -1.61. The van der Waals surface area contributed by atoms with Crippen LogP contribution >= 0.6 is 0 Å². The highest BCUT2D eigenvalue weighted by Crippen LogP contribution is 1.99. The molecule has 0 saturated carbocycles. The summed E-state index contributed by atoms with van der Waals surface area (Å²) in [7, 11) is -3.37. The summed E-state index contributed by atoms with van der Waals surface area (Å²) in [6.45, 7) is 5.03. The van der Waals surface area contributed by atoms with Crippen molar-refractivity contribution >= 4 is 15.8 Å². The highest BCUT2D eigenvalue weighted by atomic mass is 32.2. The van der Waals surface area contributed by atoms with Crippen LogP contribution < -0.4 is 5.32 Å². The molecule has 0 fully saturated rings. The normalized spacial score (nSPS) is 11.2. The number of rotatable bonds is 7. The molecule has 0 atom stereocenters. The van der Waals surface area contributed by atoms with Gasteiger partial charge in [0, 0.05) is 12.0 Å². The van der Waals surface area contributed by atoms with Gasteiger partial charge in [0.15, 0.2) is 15.8 Å². The molecule has 0 spiro atoms. The van der Waals surface area contributed by atoms with E-state index in [1.165, 1.54) is 6.92 Å². The number of anilines is 1. The summed E-state index contributed by atoms with van der Waals surface area (Å²) in [4.78, 5) is 10.6. The first-order valence-corrected chi connectivity index (χ1v) is 6.69. The van der Waals surface area contributed by atoms with Crippen molar-refractivity contribution in [2.45, 2.75) is 6.92 Å². The van der Waals surface area contributed by atoms with Crippen molar-refractivity contribution in [2.24, 2.45) is 0 Å². The number of halogens is 1. The van der Waals surface area contributed by atoms with Crippen LogP contribution in [0, 0.1) is 13.0 Å². The molecule has 0 unspecified atom stereocenters. The molecule has 1 aromatic heterocycles. The zero-order valence-corrected chi connectivity index (χ0v) is 10.6. The maximum Gasteiger partial charge on any atom is 0.313 e. The average Bonchev–Trinajstić information content (AvgIpc) is 2.27. The van der Waals surface area contributed by atoms with E-state index in [-0.39, 0.29) is 24.9 Å². The molecule has 0 aliphatic heterocycles. The van der Waals surface area contributed by atoms with Crippen LogP contribution in [0.25, 0.3) is 0 Å². The second-order valence-corrected chi connectivity index (χ2v) is 5.15. The maximum absolute atomic E-state index is 12.8. The molecule has 0 aliphatic carbocycles. The molecular formula is C9H13FN4O3S. The monoisotopic (exact) mass is 276 g/mol. The molecule has 1 rings (SSSR count). The molecule has 7 nitrogen and oxygen atoms in total. The van der Waals surface area contributed by atoms with Gasteiger partial charge in [-0.15, -0.1) is 0 Å². The van der Waals surface area contributed by atoms with E-state index in [0.717, 1.165) is 5.41 Å². The summed E-state index contributed by atoms with van der Waals surface area (Å²) in [5.74, 6) is -0.113. The fourth-order valence-electron chi connectivity index (χ4n) is 0.986. The second kappa shape index (κ2) is 6.36. The van der Waals surface area contributed by atoms with Crippen LogP contribution in [0.5, 0.6) is 0 Å². The molecular weight excluding hydrogens is 263 g/mol. The van der Waals surface area contributed by atoms with Gasteiger partial charge in [-0.3, -0.25) is 0 Å². The Balaban J connectivity index is 2.32. The van der Waals surface area contributed by atoms with E-state index in [0.29, 0.717) is 0 Å². The van der Waals surface area contributed by atoms with E-state index in [2.05, 4.69) is 26.8 Å². The van der Waals surface area contributed by atoms with Gasteiger partial charge in [0.1, 0.15) is 5.82 Å². The van der Waals surface area contributed by atoms with Crippen molar-refractivity contribution in [1.82, 2.24) is 15.0 Å². The van der Waals surface area contributed by atoms with Gasteiger partial charge >= 0.3 is 6.08 Å². The summed E-state index contributed by atoms with van der Waals surface area (Å²) in [5, 5.41) is 3.51. The predicted molar refractivity (Wildman–Crippen MR) is 62.9 cm³/mol. The van der Waals surface area contributed by atoms with Crippen LogP contribution in [0.3, 0.4) is 0 Å². The number of aromatic nitrogens is 3. The summed E-state index contributed by atoms with van der Waals surface area (Å²) < 4.78 is 39.6. The van der Waals surface area contributed by atoms with Crippen molar-refractivity contribution in [3.8, 4) is 0 Å². The molecule has 0 amide bonds. The van der Waals surface area contributed by atoms with Gasteiger partial charge in [-0.25, -0.2) is 8.42 Å². The first kappa shape index (κ1) is 14.5. The van der Waals surface area contributed by atoms with E-state index in [4.69, 9.17) is 4.74 Å². The lowest BCUT2D eigenvalue weighted by Gasteiger charge is -2.05. The minimum Gasteiger partial charge on any atom is -0.363 e. The van der Waals surface area contributed by atoms with Gasteiger partial charge < -0.3 is 10.1 Å². The number of nitrogens with zero attached hydrogens (tertiary/aromatic N) is 3. The van der Waals surface area contributed by atoms with Gasteiger partial charge in [-0.05, 0) is 6.92 Å². The summed E-state index contributed by atoms with van der Waals surface area (Å²) in [6.07, 6.45) is -0.875. The summed E-state index contributed by atoms with van der Waals surface area (Å²) in [6, 6.07) is 0. The van der Waals surface area contributed by atoms with Crippen molar-refractivity contribution in [3.63, 3.8) is 0 Å². The summed E-state index contributed by atoms with van der Waals surface area (Å²) >= 11 is 0. The number of ether oxygens (including phenoxy) is 1. The molecule has 1 N–H and O–H groups in total. The van der Waals surface area contributed by atoms with E-state index in [9.17, 15) is 12.8 Å². The average molecular weight is 276 g/mol. The van der Waals surface area contributed by atoms with Gasteiger partial charge in [0.2, 0.25) is 5.95 Å². The highest BCUT2D eigenvalue weighted by molar-refractivity contribution is 7.94. The third-order valence-electron chi connectivity index (χ3n) is 1.75. The highest BCUT2D eigenvalue weighted by Gasteiger charge is 2.05. The lowest BCUT2D eigenvalue weighted by atomic mass is 10.6. The second-order valence-electron chi connectivity index (χ2n) is 3.26. The third kappa shape index (κ3) is 5.15. The quantitative estimate of drug-likeness (QED) is 0.714. The minimum absolute atomic E-state index is 0.0789. The van der Waals surface area contributed by atoms with Crippen molar-refractivity contribution in [2.75, 3.05) is 24.4 Å². The van der Waals surface area contributed by atoms with E-state index in [1.807, 2.05) is 0 Å². The first-order chi connectivity index (χ1) is 8.43. The fraction of sp³-hybridized carbons (Fsp3) is 0.444. The van der Waals surface area contributed by atoms with Crippen LogP contribution in [-0.4, -0.2) is 42.5 Å². The van der Waals surface area contributed by atoms with E-state index in [1.54, 1.807) is 0 Å². The molecule has 9 heteroatoms. The Labute approximate surface area is 104 Å². The molecule has 0 aliphatic rings. The molecule has 1 heterocycles. The van der Waals surface area contributed by atoms with Gasteiger partial charge in [0.25, 0.3) is 0 Å². The number of hydrogen-bond donors (Lipinski definition) is 1. The summed E-state index contributed by atoms with van der Waals surface area (Å²) in [5.41, 5.74) is 0. The Morgan fingerprint density at radius 3 is 2.78 bits per heavy atom. The Bertz CT molecular complexity index is 500. The fourth-order valence-corrected chi connectivity index (χ4v) is 1.43. The van der Waals surface area contributed by atoms with Gasteiger partial charge in [-0.2, -0.15) is 19.3 Å². The van der Waals surface area contributed by atoms with Crippen LogP contribution in [-0.2, 0) is 14.6 Å². The Morgan fingerprint density at radius 1 is 1.44 bits per heavy atom.